The maximum Gasteiger partial charge on any atom is 0.333 e. The average Bonchev–Trinajstić information content (AvgIpc) is 2.95. The predicted octanol–water partition coefficient (Wildman–Crippen LogP) is 5.40. The molecule has 0 amide bonds. The fourth-order valence-electron chi connectivity index (χ4n) is 3.63. The molecule has 1 heterocycles. The van der Waals surface area contributed by atoms with Crippen LogP contribution in [0.2, 0.25) is 0 Å². The monoisotopic (exact) mass is 626 g/mol. The van der Waals surface area contributed by atoms with Crippen molar-refractivity contribution in [3.8, 4) is 6.07 Å². The molecule has 0 aliphatic carbocycles. The van der Waals surface area contributed by atoms with Crippen LogP contribution in [0.3, 0.4) is 0 Å². The molecule has 1 aromatic carbocycles. The summed E-state index contributed by atoms with van der Waals surface area (Å²) < 4.78 is 13.9. The molecule has 0 radical (unpaired) electrons. The highest BCUT2D eigenvalue weighted by Gasteiger charge is 2.21. The highest BCUT2D eigenvalue weighted by molar-refractivity contribution is 7.97. The Morgan fingerprint density at radius 2 is 1.57 bits per heavy atom. The molecule has 2 atom stereocenters. The van der Waals surface area contributed by atoms with Gasteiger partial charge < -0.3 is 20.9 Å². The Labute approximate surface area is 262 Å². The Kier molecular flexibility index (Phi) is 15.6. The van der Waals surface area contributed by atoms with Crippen LogP contribution in [0.15, 0.2) is 63.4 Å². The molecule has 4 N–H and O–H groups in total. The maximum absolute atomic E-state index is 11.9. The van der Waals surface area contributed by atoms with Crippen molar-refractivity contribution in [3.05, 3.63) is 75.0 Å². The minimum absolute atomic E-state index is 0.0222. The number of unbranched alkanes of at least 4 members (excludes halogenated alkanes) is 1. The van der Waals surface area contributed by atoms with Gasteiger partial charge in [-0.25, -0.2) is 13.9 Å². The standard InChI is InChI=1S/C20H28N2O4S.C11H14N4O2/c1-13(2)19(23)25-15(5)11-22(12-16(6)26-20(24)14(3)4)27-18-9-7-17(21)8-10-18;1-3-4-5-15-10(14-17)9(13)7(2)8(6-12)11(15)16/h7-10,15-16H,1,3,11-12,21H2,2,4-6H3;3-5,13H2,1-2H3. The summed E-state index contributed by atoms with van der Waals surface area (Å²) >= 11 is 1.48. The van der Waals surface area contributed by atoms with Crippen LogP contribution in [0.4, 0.5) is 17.2 Å². The van der Waals surface area contributed by atoms with Gasteiger partial charge >= 0.3 is 11.9 Å². The lowest BCUT2D eigenvalue weighted by molar-refractivity contribution is -0.144. The van der Waals surface area contributed by atoms with E-state index in [2.05, 4.69) is 18.3 Å². The number of nitrogens with two attached hydrogens (primary N) is 2. The summed E-state index contributed by atoms with van der Waals surface area (Å²) in [5.74, 6) is -0.941. The summed E-state index contributed by atoms with van der Waals surface area (Å²) in [6.45, 7) is 18.7. The maximum atomic E-state index is 11.9. The van der Waals surface area contributed by atoms with Gasteiger partial charge in [-0.1, -0.05) is 26.5 Å². The molecule has 0 saturated heterocycles. The van der Waals surface area contributed by atoms with E-state index < -0.39 is 17.5 Å². The molecular weight excluding hydrogens is 584 g/mol. The third-order valence-corrected chi connectivity index (χ3v) is 7.06. The minimum Gasteiger partial charge on any atom is -0.458 e. The summed E-state index contributed by atoms with van der Waals surface area (Å²) in [6, 6.07) is 9.26. The number of aromatic nitrogens is 1. The summed E-state index contributed by atoms with van der Waals surface area (Å²) in [5, 5.41) is 11.7. The van der Waals surface area contributed by atoms with E-state index in [0.29, 0.717) is 42.0 Å². The smallest absolute Gasteiger partial charge is 0.333 e. The van der Waals surface area contributed by atoms with Crippen LogP contribution in [0, 0.1) is 23.2 Å². The number of ether oxygens (including phenoxy) is 2. The van der Waals surface area contributed by atoms with Crippen molar-refractivity contribution in [1.29, 1.82) is 5.26 Å². The molecule has 0 aliphatic rings. The Hall–Kier alpha value is -4.41. The quantitative estimate of drug-likeness (QED) is 0.0899. The van der Waals surface area contributed by atoms with Gasteiger partial charge in [0.25, 0.3) is 5.56 Å². The van der Waals surface area contributed by atoms with Gasteiger partial charge in [-0.3, -0.25) is 9.36 Å². The van der Waals surface area contributed by atoms with Crippen LogP contribution < -0.4 is 17.0 Å². The Balaban J connectivity index is 0.000000488. The van der Waals surface area contributed by atoms with Crippen molar-refractivity contribution in [2.75, 3.05) is 24.6 Å². The number of hydrogen-bond donors (Lipinski definition) is 2. The minimum atomic E-state index is -0.498. The number of esters is 2. The first-order valence-corrected chi connectivity index (χ1v) is 14.7. The number of carbonyl (C=O) groups excluding carboxylic acids is 2. The second-order valence-corrected chi connectivity index (χ2v) is 11.4. The van der Waals surface area contributed by atoms with Crippen LogP contribution in [-0.2, 0) is 25.6 Å². The van der Waals surface area contributed by atoms with E-state index in [-0.39, 0.29) is 29.3 Å². The summed E-state index contributed by atoms with van der Waals surface area (Å²) in [5.41, 5.74) is 12.7. The SMILES string of the molecule is C=C(C)C(=O)OC(C)CN(CC(C)OC(=O)C(=C)C)Sc1ccc(N)cc1.CCCCn1c(N=O)c(N)c(C)c(C#N)c1=O. The number of hydrogen-bond acceptors (Lipinski definition) is 12. The predicted molar refractivity (Wildman–Crippen MR) is 174 cm³/mol. The van der Waals surface area contributed by atoms with Crippen molar-refractivity contribution < 1.29 is 19.1 Å². The lowest BCUT2D eigenvalue weighted by atomic mass is 10.1. The zero-order valence-corrected chi connectivity index (χ0v) is 27.0. The van der Waals surface area contributed by atoms with Crippen LogP contribution in [0.1, 0.15) is 58.6 Å². The summed E-state index contributed by atoms with van der Waals surface area (Å²) in [4.78, 5) is 47.1. The summed E-state index contributed by atoms with van der Waals surface area (Å²) in [7, 11) is 0. The van der Waals surface area contributed by atoms with Gasteiger partial charge in [-0.15, -0.1) is 4.91 Å². The molecule has 2 aromatic rings. The zero-order valence-electron chi connectivity index (χ0n) is 26.2. The van der Waals surface area contributed by atoms with Gasteiger partial charge in [0, 0.05) is 41.4 Å². The van der Waals surface area contributed by atoms with Crippen molar-refractivity contribution in [2.45, 2.75) is 78.0 Å². The third-order valence-electron chi connectivity index (χ3n) is 6.02. The number of pyridine rings is 1. The average molecular weight is 627 g/mol. The molecular formula is C31H42N6O6S. The highest BCUT2D eigenvalue weighted by atomic mass is 32.2. The van der Waals surface area contributed by atoms with Crippen LogP contribution in [0.25, 0.3) is 0 Å². The number of nitrogens with zero attached hydrogens (tertiary/aromatic N) is 4. The van der Waals surface area contributed by atoms with E-state index in [9.17, 15) is 19.3 Å². The Morgan fingerprint density at radius 1 is 1.07 bits per heavy atom. The molecule has 12 nitrogen and oxygen atoms in total. The van der Waals surface area contributed by atoms with Gasteiger partial charge in [0.2, 0.25) is 5.82 Å². The molecule has 0 saturated carbocycles. The van der Waals surface area contributed by atoms with Gasteiger partial charge in [-0.05, 0) is 88.0 Å². The first-order chi connectivity index (χ1) is 20.7. The Bertz CT molecular complexity index is 1410. The van der Waals surface area contributed by atoms with Crippen molar-refractivity contribution >= 4 is 41.1 Å². The number of rotatable bonds is 14. The van der Waals surface area contributed by atoms with Crippen molar-refractivity contribution in [3.63, 3.8) is 0 Å². The van der Waals surface area contributed by atoms with E-state index in [0.717, 1.165) is 17.7 Å². The molecule has 2 unspecified atom stereocenters. The number of nitriles is 1. The largest absolute Gasteiger partial charge is 0.458 e. The molecule has 44 heavy (non-hydrogen) atoms. The van der Waals surface area contributed by atoms with E-state index in [1.807, 2.05) is 55.4 Å². The van der Waals surface area contributed by atoms with Gasteiger partial charge in [-0.2, -0.15) is 5.26 Å². The number of nitrogen functional groups attached to an aromatic ring is 2. The number of carbonyl (C=O) groups is 2. The molecule has 2 rings (SSSR count). The fraction of sp³-hybridized carbons (Fsp3) is 0.419. The molecule has 0 aliphatic heterocycles. The van der Waals surface area contributed by atoms with E-state index in [1.54, 1.807) is 13.8 Å². The number of nitroso groups, excluding NO2 is 1. The van der Waals surface area contributed by atoms with Gasteiger partial charge in [0.15, 0.2) is 0 Å². The molecule has 0 bridgehead atoms. The normalized spacial score (nSPS) is 11.8. The lowest BCUT2D eigenvalue weighted by Gasteiger charge is -2.27. The Morgan fingerprint density at radius 3 is 1.98 bits per heavy atom. The molecule has 1 aromatic heterocycles. The molecule has 0 fully saturated rings. The number of benzene rings is 1. The first kappa shape index (κ1) is 37.6. The molecule has 0 spiro atoms. The second-order valence-electron chi connectivity index (χ2n) is 10.3. The molecule has 238 valence electrons. The highest BCUT2D eigenvalue weighted by Crippen LogP contribution is 2.26. The van der Waals surface area contributed by atoms with Gasteiger partial charge in [0.05, 0.1) is 5.69 Å². The lowest BCUT2D eigenvalue weighted by Crippen LogP contribution is -2.35. The third kappa shape index (κ3) is 11.7. The zero-order chi connectivity index (χ0) is 33.6. The summed E-state index contributed by atoms with van der Waals surface area (Å²) in [6.07, 6.45) is 0.856. The van der Waals surface area contributed by atoms with Crippen molar-refractivity contribution in [2.24, 2.45) is 5.18 Å². The topological polar surface area (TPSA) is 183 Å². The van der Waals surface area contributed by atoms with Crippen LogP contribution in [-0.4, -0.2) is 46.1 Å². The van der Waals surface area contributed by atoms with Gasteiger partial charge in [0.1, 0.15) is 23.8 Å². The van der Waals surface area contributed by atoms with E-state index >= 15 is 0 Å². The fourth-order valence-corrected chi connectivity index (χ4v) is 4.76. The molecule has 13 heteroatoms. The van der Waals surface area contributed by atoms with Crippen LogP contribution in [0.5, 0.6) is 0 Å². The second kappa shape index (κ2) is 18.3. The first-order valence-electron chi connectivity index (χ1n) is 13.9. The van der Waals surface area contributed by atoms with Crippen molar-refractivity contribution in [1.82, 2.24) is 8.87 Å². The van der Waals surface area contributed by atoms with E-state index in [4.69, 9.17) is 26.2 Å². The number of anilines is 2. The van der Waals surface area contributed by atoms with Crippen LogP contribution >= 0.6 is 11.9 Å². The van der Waals surface area contributed by atoms with E-state index in [1.165, 1.54) is 23.4 Å².